The molecule has 0 fully saturated rings. The summed E-state index contributed by atoms with van der Waals surface area (Å²) in [5, 5.41) is 3.97. The van der Waals surface area contributed by atoms with Gasteiger partial charge in [0, 0.05) is 33.2 Å². The summed E-state index contributed by atoms with van der Waals surface area (Å²) >= 11 is 0. The van der Waals surface area contributed by atoms with E-state index in [4.69, 9.17) is 4.42 Å². The molecule has 2 nitrogen and oxygen atoms in total. The number of rotatable bonds is 7. The standard InChI is InChI=1S/C52H35NO/c1-3-10-36(11-4-1)38-18-20-39(21-19-38)41-24-31-45(32-25-41)53(44-29-22-40(23-30-44)37-12-5-2-6-13-37)46-33-26-43(27-34-46)47-16-9-17-50-51(47)49-35-28-42-14-7-8-15-48(42)52(49)54-50/h1-35H/i22D,23D,24D,25D,29D,30D,31D,32D. The highest BCUT2D eigenvalue weighted by atomic mass is 16.3. The van der Waals surface area contributed by atoms with Gasteiger partial charge in [0.05, 0.1) is 11.0 Å². The molecule has 0 radical (unpaired) electrons. The average Bonchev–Trinajstić information content (AvgIpc) is 3.71. The largest absolute Gasteiger partial charge is 0.455 e. The maximum atomic E-state index is 9.48. The molecular formula is C52H35NO. The Morgan fingerprint density at radius 3 is 1.50 bits per heavy atom. The zero-order chi connectivity index (χ0) is 42.8. The lowest BCUT2D eigenvalue weighted by Crippen LogP contribution is -2.09. The summed E-state index contributed by atoms with van der Waals surface area (Å²) in [6, 6.07) is 48.4. The second-order valence-electron chi connectivity index (χ2n) is 13.1. The van der Waals surface area contributed by atoms with Crippen molar-refractivity contribution in [2.75, 3.05) is 4.90 Å². The van der Waals surface area contributed by atoms with E-state index >= 15 is 0 Å². The van der Waals surface area contributed by atoms with E-state index in [1.165, 1.54) is 4.90 Å². The van der Waals surface area contributed by atoms with Crippen molar-refractivity contribution >= 4 is 49.8 Å². The second kappa shape index (κ2) is 13.4. The second-order valence-corrected chi connectivity index (χ2v) is 13.1. The Morgan fingerprint density at radius 2 is 0.870 bits per heavy atom. The Labute approximate surface area is 326 Å². The van der Waals surface area contributed by atoms with Crippen LogP contribution < -0.4 is 4.90 Å². The molecule has 9 aromatic carbocycles. The number of nitrogens with zero attached hydrogens (tertiary/aromatic N) is 1. The SMILES string of the molecule is [2H]c1c([2H])c(N(c2ccc(-c3cccc4oc5c6ccccc6ccc5c34)cc2)c2c([2H])c([2H])c(-c3ccc(-c4ccccc4)cc3)c([2H])c2[2H])c([2H])c([2H])c1-c1ccccc1. The number of benzene rings is 9. The summed E-state index contributed by atoms with van der Waals surface area (Å²) in [6.45, 7) is 0. The van der Waals surface area contributed by atoms with Crippen LogP contribution in [0.2, 0.25) is 0 Å². The summed E-state index contributed by atoms with van der Waals surface area (Å²) in [4.78, 5) is 1.34. The molecule has 0 bridgehead atoms. The van der Waals surface area contributed by atoms with Crippen molar-refractivity contribution in [3.63, 3.8) is 0 Å². The van der Waals surface area contributed by atoms with Gasteiger partial charge in [-0.3, -0.25) is 0 Å². The molecule has 10 rings (SSSR count). The van der Waals surface area contributed by atoms with E-state index in [9.17, 15) is 11.0 Å². The molecular weight excluding hydrogens is 655 g/mol. The molecule has 0 aliphatic heterocycles. The van der Waals surface area contributed by atoms with E-state index in [2.05, 4.69) is 18.2 Å². The molecule has 0 spiro atoms. The molecule has 254 valence electrons. The van der Waals surface area contributed by atoms with Crippen LogP contribution in [0.5, 0.6) is 0 Å². The van der Waals surface area contributed by atoms with E-state index in [1.54, 1.807) is 54.6 Å². The fourth-order valence-corrected chi connectivity index (χ4v) is 7.14. The lowest BCUT2D eigenvalue weighted by atomic mass is 9.97. The first-order valence-electron chi connectivity index (χ1n) is 21.8. The molecule has 0 saturated carbocycles. The van der Waals surface area contributed by atoms with Crippen molar-refractivity contribution in [1.82, 2.24) is 0 Å². The number of hydrogen-bond donors (Lipinski definition) is 0. The lowest BCUT2D eigenvalue weighted by Gasteiger charge is -2.26. The fraction of sp³-hybridized carbons (Fsp3) is 0. The van der Waals surface area contributed by atoms with Gasteiger partial charge in [-0.05, 0) is 98.3 Å². The van der Waals surface area contributed by atoms with E-state index < -0.39 is 24.2 Å². The molecule has 0 atom stereocenters. The Morgan fingerprint density at radius 1 is 0.352 bits per heavy atom. The van der Waals surface area contributed by atoms with Gasteiger partial charge in [-0.2, -0.15) is 0 Å². The maximum absolute atomic E-state index is 9.48. The third-order valence-electron chi connectivity index (χ3n) is 9.84. The summed E-state index contributed by atoms with van der Waals surface area (Å²) < 4.78 is 81.2. The quantitative estimate of drug-likeness (QED) is 0.165. The van der Waals surface area contributed by atoms with Crippen molar-refractivity contribution in [3.8, 4) is 44.5 Å². The highest BCUT2D eigenvalue weighted by Crippen LogP contribution is 2.42. The molecule has 0 amide bonds. The lowest BCUT2D eigenvalue weighted by molar-refractivity contribution is 0.673. The van der Waals surface area contributed by atoms with Crippen LogP contribution >= 0.6 is 0 Å². The normalized spacial score (nSPS) is 13.4. The Kier molecular flexibility index (Phi) is 6.01. The minimum Gasteiger partial charge on any atom is -0.455 e. The molecule has 1 heterocycles. The van der Waals surface area contributed by atoms with Crippen molar-refractivity contribution in [2.45, 2.75) is 0 Å². The molecule has 1 aromatic heterocycles. The summed E-state index contributed by atoms with van der Waals surface area (Å²) in [7, 11) is 0. The van der Waals surface area contributed by atoms with Gasteiger partial charge in [0.2, 0.25) is 0 Å². The summed E-state index contributed by atoms with van der Waals surface area (Å²) in [5.74, 6) is 0. The van der Waals surface area contributed by atoms with Crippen LogP contribution in [0.15, 0.2) is 217 Å². The van der Waals surface area contributed by atoms with E-state index in [1.807, 2.05) is 91.0 Å². The zero-order valence-corrected chi connectivity index (χ0v) is 28.9. The van der Waals surface area contributed by atoms with Gasteiger partial charge in [0.15, 0.2) is 0 Å². The van der Waals surface area contributed by atoms with Gasteiger partial charge in [-0.15, -0.1) is 0 Å². The minimum absolute atomic E-state index is 0.103. The predicted octanol–water partition coefficient (Wildman–Crippen LogP) is 14.9. The highest BCUT2D eigenvalue weighted by molar-refractivity contribution is 6.19. The van der Waals surface area contributed by atoms with E-state index in [0.717, 1.165) is 55.0 Å². The van der Waals surface area contributed by atoms with Gasteiger partial charge >= 0.3 is 0 Å². The van der Waals surface area contributed by atoms with Crippen LogP contribution in [-0.4, -0.2) is 0 Å². The van der Waals surface area contributed by atoms with Gasteiger partial charge in [0.1, 0.15) is 11.2 Å². The number of fused-ring (bicyclic) bond motifs is 5. The number of hydrogen-bond acceptors (Lipinski definition) is 2. The van der Waals surface area contributed by atoms with Gasteiger partial charge < -0.3 is 9.32 Å². The summed E-state index contributed by atoms with van der Waals surface area (Å²) in [6.07, 6.45) is 0. The topological polar surface area (TPSA) is 16.4 Å². The first-order valence-corrected chi connectivity index (χ1v) is 17.8. The van der Waals surface area contributed by atoms with Crippen LogP contribution in [0.25, 0.3) is 77.2 Å². The highest BCUT2D eigenvalue weighted by Gasteiger charge is 2.17. The van der Waals surface area contributed by atoms with Crippen LogP contribution in [0, 0.1) is 0 Å². The third-order valence-corrected chi connectivity index (χ3v) is 9.84. The fourth-order valence-electron chi connectivity index (χ4n) is 7.14. The molecule has 10 aromatic rings. The van der Waals surface area contributed by atoms with Crippen molar-refractivity contribution in [2.24, 2.45) is 0 Å². The molecule has 0 N–H and O–H groups in total. The summed E-state index contributed by atoms with van der Waals surface area (Å²) in [5.41, 5.74) is 6.29. The van der Waals surface area contributed by atoms with Crippen molar-refractivity contribution in [1.29, 1.82) is 0 Å². The van der Waals surface area contributed by atoms with Crippen LogP contribution in [0.4, 0.5) is 17.1 Å². The van der Waals surface area contributed by atoms with Crippen LogP contribution in [-0.2, 0) is 0 Å². The first-order chi connectivity index (χ1) is 30.1. The first kappa shape index (κ1) is 24.2. The van der Waals surface area contributed by atoms with Gasteiger partial charge in [0.25, 0.3) is 0 Å². The third kappa shape index (κ3) is 5.71. The molecule has 0 aliphatic rings. The number of furan rings is 1. The smallest absolute Gasteiger partial charge is 0.143 e. The Bertz CT molecular complexity index is 3310. The predicted molar refractivity (Wildman–Crippen MR) is 228 cm³/mol. The molecule has 0 unspecified atom stereocenters. The molecule has 54 heavy (non-hydrogen) atoms. The van der Waals surface area contributed by atoms with Gasteiger partial charge in [-0.1, -0.05) is 164 Å². The molecule has 0 aliphatic carbocycles. The zero-order valence-electron chi connectivity index (χ0n) is 36.9. The van der Waals surface area contributed by atoms with Crippen molar-refractivity contribution < 1.29 is 15.4 Å². The van der Waals surface area contributed by atoms with E-state index in [0.29, 0.717) is 16.8 Å². The molecule has 0 saturated heterocycles. The van der Waals surface area contributed by atoms with Crippen LogP contribution in [0.1, 0.15) is 11.0 Å². The van der Waals surface area contributed by atoms with Crippen molar-refractivity contribution in [3.05, 3.63) is 212 Å². The minimum atomic E-state index is -0.400. The molecule has 2 heteroatoms. The monoisotopic (exact) mass is 697 g/mol. The maximum Gasteiger partial charge on any atom is 0.143 e. The van der Waals surface area contributed by atoms with E-state index in [-0.39, 0.29) is 46.7 Å². The Hall–Kier alpha value is -7.16. The average molecular weight is 698 g/mol. The van der Waals surface area contributed by atoms with Gasteiger partial charge in [-0.25, -0.2) is 0 Å². The number of anilines is 3. The Balaban J connectivity index is 1.16. The van der Waals surface area contributed by atoms with Crippen LogP contribution in [0.3, 0.4) is 0 Å².